The molecule has 10 nitrogen and oxygen atoms in total. The molecule has 7 unspecified atom stereocenters. The Balaban J connectivity index is 1.33. The van der Waals surface area contributed by atoms with E-state index in [4.69, 9.17) is 26.4 Å². The first-order chi connectivity index (χ1) is 17.3. The van der Waals surface area contributed by atoms with Crippen molar-refractivity contribution in [1.82, 2.24) is 21.3 Å². The summed E-state index contributed by atoms with van der Waals surface area (Å²) in [6.45, 7) is 2.67. The first-order valence-electron chi connectivity index (χ1n) is 12.1. The predicted molar refractivity (Wildman–Crippen MR) is 138 cm³/mol. The summed E-state index contributed by atoms with van der Waals surface area (Å²) in [5, 5.41) is 11.6. The molecule has 36 heavy (non-hydrogen) atoms. The monoisotopic (exact) mass is 582 g/mol. The largest absolute Gasteiger partial charge is 0.465 e. The fourth-order valence-electron chi connectivity index (χ4n) is 5.54. The first kappa shape index (κ1) is 26.8. The van der Waals surface area contributed by atoms with Crippen molar-refractivity contribution in [1.29, 1.82) is 0 Å². The number of rotatable bonds is 9. The number of benzene rings is 1. The van der Waals surface area contributed by atoms with Gasteiger partial charge in [0.1, 0.15) is 6.54 Å². The normalized spacial score (nSPS) is 29.8. The number of hydrogen-bond donors (Lipinski definition) is 4. The number of thiocarbonyl (C=S) groups is 1. The van der Waals surface area contributed by atoms with E-state index in [1.807, 2.05) is 24.3 Å². The van der Waals surface area contributed by atoms with Crippen molar-refractivity contribution >= 4 is 51.0 Å². The number of ether oxygens (including phenoxy) is 3. The van der Waals surface area contributed by atoms with Crippen molar-refractivity contribution in [2.45, 2.75) is 31.8 Å². The van der Waals surface area contributed by atoms with E-state index >= 15 is 0 Å². The molecule has 2 aliphatic carbocycles. The lowest BCUT2D eigenvalue weighted by molar-refractivity contribution is -0.141. The van der Waals surface area contributed by atoms with Crippen LogP contribution in [0, 0.1) is 23.7 Å². The predicted octanol–water partition coefficient (Wildman–Crippen LogP) is 1.00. The van der Waals surface area contributed by atoms with Crippen LogP contribution in [0.4, 0.5) is 0 Å². The van der Waals surface area contributed by atoms with Crippen LogP contribution in [-0.4, -0.2) is 68.4 Å². The maximum atomic E-state index is 13.2. The molecule has 0 radical (unpaired) electrons. The summed E-state index contributed by atoms with van der Waals surface area (Å²) in [4.78, 5) is 37.5. The molecule has 7 atom stereocenters. The highest BCUT2D eigenvalue weighted by Crippen LogP contribution is 2.58. The number of hydrogen-bond acceptors (Lipinski definition) is 7. The van der Waals surface area contributed by atoms with E-state index in [2.05, 4.69) is 37.2 Å². The van der Waals surface area contributed by atoms with Gasteiger partial charge in [-0.3, -0.25) is 14.4 Å². The molecule has 1 saturated heterocycles. The minimum atomic E-state index is -0.516. The SMILES string of the molecule is CCOC(=O)CNC(=S)NCCNC(=O)C1C2CC(C3OC(c4ccc(Br)cc4)OC23)C1C(=O)NC. The van der Waals surface area contributed by atoms with E-state index < -0.39 is 24.1 Å². The Labute approximate surface area is 223 Å². The molecule has 2 bridgehead atoms. The topological polar surface area (TPSA) is 127 Å². The van der Waals surface area contributed by atoms with Gasteiger partial charge in [-0.25, -0.2) is 0 Å². The summed E-state index contributed by atoms with van der Waals surface area (Å²) in [6, 6.07) is 7.75. The van der Waals surface area contributed by atoms with E-state index in [-0.39, 0.29) is 42.4 Å². The number of nitrogens with one attached hydrogen (secondary N) is 4. The van der Waals surface area contributed by atoms with Crippen molar-refractivity contribution in [3.63, 3.8) is 0 Å². The summed E-state index contributed by atoms with van der Waals surface area (Å²) < 4.78 is 18.3. The Hall–Kier alpha value is -2.28. The lowest BCUT2D eigenvalue weighted by Gasteiger charge is -2.34. The maximum absolute atomic E-state index is 13.2. The third kappa shape index (κ3) is 5.66. The van der Waals surface area contributed by atoms with Crippen LogP contribution in [0.2, 0.25) is 0 Å². The second kappa shape index (κ2) is 11.8. The van der Waals surface area contributed by atoms with E-state index in [1.165, 1.54) is 0 Å². The minimum absolute atomic E-state index is 0.0309. The van der Waals surface area contributed by atoms with Crippen LogP contribution in [0.3, 0.4) is 0 Å². The van der Waals surface area contributed by atoms with Gasteiger partial charge in [0.2, 0.25) is 11.8 Å². The molecule has 0 spiro atoms. The Morgan fingerprint density at radius 1 is 1.00 bits per heavy atom. The highest BCUT2D eigenvalue weighted by molar-refractivity contribution is 9.10. The molecule has 4 N–H and O–H groups in total. The highest BCUT2D eigenvalue weighted by Gasteiger charge is 2.66. The van der Waals surface area contributed by atoms with Crippen LogP contribution in [0.25, 0.3) is 0 Å². The van der Waals surface area contributed by atoms with E-state index in [0.29, 0.717) is 31.2 Å². The molecule has 3 aliphatic rings. The fraction of sp³-hybridized carbons (Fsp3) is 0.583. The molecule has 1 aromatic rings. The Bertz CT molecular complexity index is 995. The Kier molecular flexibility index (Phi) is 8.81. The second-order valence-corrected chi connectivity index (χ2v) is 10.3. The van der Waals surface area contributed by atoms with Crippen LogP contribution in [-0.2, 0) is 28.6 Å². The zero-order chi connectivity index (χ0) is 25.8. The maximum Gasteiger partial charge on any atom is 0.325 e. The van der Waals surface area contributed by atoms with Gasteiger partial charge in [0.15, 0.2) is 11.4 Å². The van der Waals surface area contributed by atoms with Crippen molar-refractivity contribution < 1.29 is 28.6 Å². The highest BCUT2D eigenvalue weighted by atomic mass is 79.9. The van der Waals surface area contributed by atoms with Crippen LogP contribution < -0.4 is 21.3 Å². The van der Waals surface area contributed by atoms with Crippen molar-refractivity contribution in [2.24, 2.45) is 23.7 Å². The van der Waals surface area contributed by atoms with Crippen LogP contribution in [0.1, 0.15) is 25.2 Å². The fourth-order valence-corrected chi connectivity index (χ4v) is 5.98. The average Bonchev–Trinajstić information content (AvgIpc) is 3.56. The Morgan fingerprint density at radius 3 is 2.22 bits per heavy atom. The molecular formula is C24H31BrN4O6S. The molecule has 0 aromatic heterocycles. The van der Waals surface area contributed by atoms with Crippen molar-refractivity contribution in [3.8, 4) is 0 Å². The quantitative estimate of drug-likeness (QED) is 0.191. The molecule has 2 amide bonds. The van der Waals surface area contributed by atoms with Crippen LogP contribution >= 0.6 is 28.1 Å². The number of amides is 2. The van der Waals surface area contributed by atoms with Crippen molar-refractivity contribution in [2.75, 3.05) is 33.3 Å². The van der Waals surface area contributed by atoms with Gasteiger partial charge >= 0.3 is 5.97 Å². The molecule has 3 fully saturated rings. The van der Waals surface area contributed by atoms with Gasteiger partial charge in [0, 0.05) is 42.0 Å². The van der Waals surface area contributed by atoms with E-state index in [0.717, 1.165) is 10.0 Å². The third-order valence-electron chi connectivity index (χ3n) is 6.99. The lowest BCUT2D eigenvalue weighted by atomic mass is 9.75. The number of fused-ring (bicyclic) bond motifs is 5. The summed E-state index contributed by atoms with van der Waals surface area (Å²) in [5.74, 6) is -1.91. The third-order valence-corrected chi connectivity index (χ3v) is 7.80. The van der Waals surface area contributed by atoms with E-state index in [9.17, 15) is 14.4 Å². The Morgan fingerprint density at radius 2 is 1.61 bits per heavy atom. The average molecular weight is 584 g/mol. The summed E-state index contributed by atoms with van der Waals surface area (Å²) in [6.07, 6.45) is -0.269. The van der Waals surface area contributed by atoms with Gasteiger partial charge in [-0.2, -0.15) is 0 Å². The van der Waals surface area contributed by atoms with Gasteiger partial charge < -0.3 is 35.5 Å². The molecule has 4 rings (SSSR count). The van der Waals surface area contributed by atoms with Gasteiger partial charge in [-0.05, 0) is 37.7 Å². The second-order valence-electron chi connectivity index (χ2n) is 9.02. The summed E-state index contributed by atoms with van der Waals surface area (Å²) >= 11 is 8.57. The number of carbonyl (C=O) groups is 3. The van der Waals surface area contributed by atoms with Crippen LogP contribution in [0.15, 0.2) is 28.7 Å². The molecule has 1 aliphatic heterocycles. The molecule has 1 heterocycles. The van der Waals surface area contributed by atoms with Gasteiger partial charge in [0.25, 0.3) is 0 Å². The molecule has 12 heteroatoms. The molecule has 1 aromatic carbocycles. The molecule has 196 valence electrons. The summed E-state index contributed by atoms with van der Waals surface area (Å²) in [7, 11) is 1.59. The van der Waals surface area contributed by atoms with Gasteiger partial charge in [-0.15, -0.1) is 0 Å². The number of halogens is 1. The van der Waals surface area contributed by atoms with Gasteiger partial charge in [0.05, 0.1) is 30.7 Å². The molecule has 2 saturated carbocycles. The van der Waals surface area contributed by atoms with Crippen LogP contribution in [0.5, 0.6) is 0 Å². The smallest absolute Gasteiger partial charge is 0.325 e. The zero-order valence-electron chi connectivity index (χ0n) is 20.1. The lowest BCUT2D eigenvalue weighted by Crippen LogP contribution is -2.52. The summed E-state index contributed by atoms with van der Waals surface area (Å²) in [5.41, 5.74) is 0.906. The van der Waals surface area contributed by atoms with Crippen molar-refractivity contribution in [3.05, 3.63) is 34.3 Å². The first-order valence-corrected chi connectivity index (χ1v) is 13.3. The molecular weight excluding hydrogens is 552 g/mol. The zero-order valence-corrected chi connectivity index (χ0v) is 22.5. The van der Waals surface area contributed by atoms with Gasteiger partial charge in [-0.1, -0.05) is 28.1 Å². The van der Waals surface area contributed by atoms with E-state index in [1.54, 1.807) is 14.0 Å². The number of carbonyl (C=O) groups excluding carboxylic acids is 3. The number of esters is 1. The minimum Gasteiger partial charge on any atom is -0.465 e. The standard InChI is InChI=1S/C24H31BrN4O6S/c1-3-33-16(30)11-29-24(36)28-9-8-27-22(32)18-15-10-14(17(18)21(31)26-2)19-20(15)35-23(34-19)12-4-6-13(25)7-5-12/h4-7,14-15,17-20,23H,3,8-11H2,1-2H3,(H,26,31)(H,27,32)(H2,28,29,36).